The molecule has 2 aliphatic heterocycles. The van der Waals surface area contributed by atoms with Crippen LogP contribution in [0.5, 0.6) is 11.5 Å². The number of carbonyl (C=O) groups is 2. The van der Waals surface area contributed by atoms with Gasteiger partial charge in [-0.1, -0.05) is 30.3 Å². The van der Waals surface area contributed by atoms with E-state index in [0.29, 0.717) is 11.3 Å². The predicted molar refractivity (Wildman–Crippen MR) is 114 cm³/mol. The summed E-state index contributed by atoms with van der Waals surface area (Å²) in [6, 6.07) is 18.3. The molecule has 0 aromatic heterocycles. The van der Waals surface area contributed by atoms with Gasteiger partial charge in [0.25, 0.3) is 5.91 Å². The summed E-state index contributed by atoms with van der Waals surface area (Å²) in [5.74, 6) is -2.32. The van der Waals surface area contributed by atoms with Crippen LogP contribution in [0, 0.1) is 11.7 Å². The zero-order valence-electron chi connectivity index (χ0n) is 17.0. The Balaban J connectivity index is 1.62. The summed E-state index contributed by atoms with van der Waals surface area (Å²) in [6.07, 6.45) is -1.09. The van der Waals surface area contributed by atoms with Gasteiger partial charge in [-0.2, -0.15) is 0 Å². The zero-order valence-corrected chi connectivity index (χ0v) is 17.0. The minimum atomic E-state index is -1.09. The van der Waals surface area contributed by atoms with Crippen molar-refractivity contribution in [2.45, 2.75) is 12.1 Å². The number of hydroxylamine groups is 1. The summed E-state index contributed by atoms with van der Waals surface area (Å²) in [7, 11) is 1.43. The lowest BCUT2D eigenvalue weighted by Gasteiger charge is -2.29. The summed E-state index contributed by atoms with van der Waals surface area (Å²) < 4.78 is 18.6. The molecular weight excluding hydrogens is 415 g/mol. The number of anilines is 2. The van der Waals surface area contributed by atoms with Crippen LogP contribution in [-0.2, 0) is 14.4 Å². The number of carbonyl (C=O) groups excluding carboxylic acids is 2. The van der Waals surface area contributed by atoms with Crippen LogP contribution in [-0.4, -0.2) is 30.1 Å². The van der Waals surface area contributed by atoms with Crippen molar-refractivity contribution in [1.29, 1.82) is 0 Å². The number of rotatable bonds is 4. The number of para-hydroxylation sites is 2. The van der Waals surface area contributed by atoms with Gasteiger partial charge >= 0.3 is 0 Å². The lowest BCUT2D eigenvalue weighted by atomic mass is 9.90. The third-order valence-electron chi connectivity index (χ3n) is 5.78. The predicted octanol–water partition coefficient (Wildman–Crippen LogP) is 3.59. The Hall–Kier alpha value is -3.91. The lowest BCUT2D eigenvalue weighted by Crippen LogP contribution is -2.37. The quantitative estimate of drug-likeness (QED) is 0.633. The van der Waals surface area contributed by atoms with E-state index in [1.165, 1.54) is 36.4 Å². The topological polar surface area (TPSA) is 79.3 Å². The van der Waals surface area contributed by atoms with E-state index in [9.17, 15) is 19.1 Å². The van der Waals surface area contributed by atoms with Gasteiger partial charge in [0.2, 0.25) is 5.91 Å². The van der Waals surface area contributed by atoms with E-state index in [2.05, 4.69) is 0 Å². The zero-order chi connectivity index (χ0) is 22.4. The normalized spacial score (nSPS) is 22.4. The maximum absolute atomic E-state index is 13.5. The first-order chi connectivity index (χ1) is 15.5. The number of benzene rings is 3. The number of hydrogen-bond donors (Lipinski definition) is 1. The fourth-order valence-corrected chi connectivity index (χ4v) is 4.32. The third-order valence-corrected chi connectivity index (χ3v) is 5.78. The largest absolute Gasteiger partial charge is 0.504 e. The summed E-state index contributed by atoms with van der Waals surface area (Å²) in [5.41, 5.74) is 1.28. The molecule has 0 bridgehead atoms. The highest BCUT2D eigenvalue weighted by Gasteiger charge is 2.60. The first kappa shape index (κ1) is 20.0. The van der Waals surface area contributed by atoms with Gasteiger partial charge in [0.15, 0.2) is 17.6 Å². The molecule has 3 aromatic rings. The molecule has 2 fully saturated rings. The van der Waals surface area contributed by atoms with Crippen molar-refractivity contribution in [3.05, 3.63) is 84.2 Å². The maximum atomic E-state index is 13.5. The second-order valence-electron chi connectivity index (χ2n) is 7.54. The van der Waals surface area contributed by atoms with Crippen molar-refractivity contribution in [3.8, 4) is 11.5 Å². The number of halogens is 1. The SMILES string of the molecule is COc1cccc([C@H]2[C@@H]3C(=O)N(c4ccc(F)cc4)C(=O)[C@H]3ON2c2ccccc2)c1O. The van der Waals surface area contributed by atoms with Gasteiger partial charge in [-0.3, -0.25) is 14.4 Å². The number of phenols is 1. The molecule has 8 heteroatoms. The Bertz CT molecular complexity index is 1180. The number of aromatic hydroxyl groups is 1. The van der Waals surface area contributed by atoms with E-state index in [1.54, 1.807) is 30.3 Å². The fourth-order valence-electron chi connectivity index (χ4n) is 4.32. The van der Waals surface area contributed by atoms with E-state index in [0.717, 1.165) is 4.90 Å². The molecule has 2 heterocycles. The second kappa shape index (κ2) is 7.65. The van der Waals surface area contributed by atoms with Crippen LogP contribution in [0.1, 0.15) is 11.6 Å². The van der Waals surface area contributed by atoms with Gasteiger partial charge in [0, 0.05) is 5.56 Å². The van der Waals surface area contributed by atoms with Crippen molar-refractivity contribution in [2.24, 2.45) is 5.92 Å². The average molecular weight is 434 g/mol. The molecule has 2 aliphatic rings. The molecule has 5 rings (SSSR count). The molecule has 32 heavy (non-hydrogen) atoms. The Morgan fingerprint density at radius 1 is 0.906 bits per heavy atom. The summed E-state index contributed by atoms with van der Waals surface area (Å²) in [6.45, 7) is 0. The van der Waals surface area contributed by atoms with Crippen LogP contribution >= 0.6 is 0 Å². The first-order valence-electron chi connectivity index (χ1n) is 10.0. The van der Waals surface area contributed by atoms with Crippen LogP contribution < -0.4 is 14.7 Å². The molecule has 0 unspecified atom stereocenters. The average Bonchev–Trinajstić information content (AvgIpc) is 3.31. The number of hydrogen-bond acceptors (Lipinski definition) is 6. The Morgan fingerprint density at radius 3 is 2.31 bits per heavy atom. The van der Waals surface area contributed by atoms with Crippen molar-refractivity contribution in [3.63, 3.8) is 0 Å². The number of imide groups is 1. The summed E-state index contributed by atoms with van der Waals surface area (Å²) in [4.78, 5) is 33.8. The molecule has 0 radical (unpaired) electrons. The Morgan fingerprint density at radius 2 is 1.62 bits per heavy atom. The molecule has 2 saturated heterocycles. The van der Waals surface area contributed by atoms with Gasteiger partial charge < -0.3 is 9.84 Å². The molecule has 1 N–H and O–H groups in total. The van der Waals surface area contributed by atoms with Gasteiger partial charge in [0.1, 0.15) is 17.8 Å². The Kier molecular flexibility index (Phi) is 4.79. The van der Waals surface area contributed by atoms with E-state index < -0.39 is 35.7 Å². The van der Waals surface area contributed by atoms with Crippen LogP contribution in [0.3, 0.4) is 0 Å². The standard InChI is InChI=1S/C24H19FN2O5/c1-31-18-9-5-8-17(21(18)28)20-19-22(32-27(20)16-6-3-2-4-7-16)24(30)26(23(19)29)15-12-10-14(25)11-13-15/h2-13,19-20,22,28H,1H3/t19-,20-,22-/m0/s1. The molecule has 3 aromatic carbocycles. The third kappa shape index (κ3) is 2.99. The maximum Gasteiger partial charge on any atom is 0.266 e. The van der Waals surface area contributed by atoms with Crippen molar-refractivity contribution < 1.29 is 28.7 Å². The number of amides is 2. The molecule has 7 nitrogen and oxygen atoms in total. The number of fused-ring (bicyclic) bond motifs is 1. The van der Waals surface area contributed by atoms with Crippen LogP contribution in [0.4, 0.5) is 15.8 Å². The number of ether oxygens (including phenoxy) is 1. The highest BCUT2D eigenvalue weighted by Crippen LogP contribution is 2.50. The van der Waals surface area contributed by atoms with Crippen molar-refractivity contribution in [2.75, 3.05) is 17.1 Å². The second-order valence-corrected chi connectivity index (χ2v) is 7.54. The summed E-state index contributed by atoms with van der Waals surface area (Å²) in [5, 5.41) is 12.3. The summed E-state index contributed by atoms with van der Waals surface area (Å²) >= 11 is 0. The van der Waals surface area contributed by atoms with Crippen LogP contribution in [0.15, 0.2) is 72.8 Å². The lowest BCUT2D eigenvalue weighted by molar-refractivity contribution is -0.126. The van der Waals surface area contributed by atoms with E-state index in [1.807, 2.05) is 18.2 Å². The molecule has 2 amide bonds. The van der Waals surface area contributed by atoms with E-state index >= 15 is 0 Å². The fraction of sp³-hybridized carbons (Fsp3) is 0.167. The molecule has 3 atom stereocenters. The van der Waals surface area contributed by atoms with Crippen molar-refractivity contribution >= 4 is 23.2 Å². The minimum absolute atomic E-state index is 0.134. The highest BCUT2D eigenvalue weighted by atomic mass is 19.1. The molecule has 162 valence electrons. The number of methoxy groups -OCH3 is 1. The van der Waals surface area contributed by atoms with Gasteiger partial charge in [-0.25, -0.2) is 14.4 Å². The van der Waals surface area contributed by atoms with Crippen molar-refractivity contribution in [1.82, 2.24) is 0 Å². The van der Waals surface area contributed by atoms with E-state index in [-0.39, 0.29) is 17.2 Å². The van der Waals surface area contributed by atoms with Gasteiger partial charge in [-0.05, 0) is 42.5 Å². The van der Waals surface area contributed by atoms with Gasteiger partial charge in [-0.15, -0.1) is 0 Å². The van der Waals surface area contributed by atoms with Crippen LogP contribution in [0.25, 0.3) is 0 Å². The number of phenolic OH excluding ortho intramolecular Hbond substituents is 1. The molecule has 0 spiro atoms. The molecular formula is C24H19FN2O5. The Labute approximate surface area is 183 Å². The minimum Gasteiger partial charge on any atom is -0.504 e. The monoisotopic (exact) mass is 434 g/mol. The molecule has 0 saturated carbocycles. The first-order valence-corrected chi connectivity index (χ1v) is 10.0. The number of nitrogens with zero attached hydrogens (tertiary/aromatic N) is 2. The molecule has 0 aliphatic carbocycles. The van der Waals surface area contributed by atoms with Crippen LogP contribution in [0.2, 0.25) is 0 Å². The van der Waals surface area contributed by atoms with E-state index in [4.69, 9.17) is 9.57 Å². The highest BCUT2D eigenvalue weighted by molar-refractivity contribution is 6.23. The van der Waals surface area contributed by atoms with Gasteiger partial charge in [0.05, 0.1) is 18.5 Å². The smallest absolute Gasteiger partial charge is 0.266 e.